The number of thiophene rings is 1. The Labute approximate surface area is 87.8 Å². The molecule has 2 heterocycles. The third-order valence-electron chi connectivity index (χ3n) is 1.51. The Bertz CT molecular complexity index is 476. The molecule has 72 valence electrons. The molecular weight excluding hydrogens is 226 g/mol. The van der Waals surface area contributed by atoms with E-state index in [4.69, 9.17) is 21.1 Å². The van der Waals surface area contributed by atoms with Crippen LogP contribution >= 0.6 is 22.9 Å². The smallest absolute Gasteiger partial charge is 0.357 e. The Morgan fingerprint density at radius 2 is 2.36 bits per heavy atom. The number of halogens is 1. The molecule has 2 aromatic rings. The lowest BCUT2D eigenvalue weighted by molar-refractivity contribution is 0.0690. The second-order valence-corrected chi connectivity index (χ2v) is 4.16. The fourth-order valence-electron chi connectivity index (χ4n) is 0.914. The Morgan fingerprint density at radius 1 is 1.57 bits per heavy atom. The number of hydrogen-bond donors (Lipinski definition) is 1. The number of aromatic carboxylic acids is 1. The number of carbonyl (C=O) groups is 1. The Balaban J connectivity index is 2.38. The molecule has 0 aliphatic carbocycles. The van der Waals surface area contributed by atoms with Gasteiger partial charge in [0.15, 0.2) is 5.69 Å². The number of aromatic nitrogens is 1. The van der Waals surface area contributed by atoms with Crippen molar-refractivity contribution in [1.82, 2.24) is 4.98 Å². The number of carboxylic acid groups (broad SMARTS) is 1. The van der Waals surface area contributed by atoms with E-state index in [0.717, 1.165) is 6.26 Å². The molecule has 0 aliphatic heterocycles. The van der Waals surface area contributed by atoms with Crippen LogP contribution in [0.5, 0.6) is 0 Å². The summed E-state index contributed by atoms with van der Waals surface area (Å²) in [7, 11) is 0. The van der Waals surface area contributed by atoms with Gasteiger partial charge in [0.1, 0.15) is 6.26 Å². The van der Waals surface area contributed by atoms with Gasteiger partial charge >= 0.3 is 5.97 Å². The van der Waals surface area contributed by atoms with Crippen molar-refractivity contribution in [3.05, 3.63) is 28.4 Å². The summed E-state index contributed by atoms with van der Waals surface area (Å²) in [5, 5.41) is 8.61. The molecule has 0 aromatic carbocycles. The molecule has 6 heteroatoms. The highest BCUT2D eigenvalue weighted by Gasteiger charge is 2.12. The largest absolute Gasteiger partial charge is 0.476 e. The molecule has 0 amide bonds. The van der Waals surface area contributed by atoms with Crippen LogP contribution in [0.2, 0.25) is 4.34 Å². The normalized spacial score (nSPS) is 10.4. The van der Waals surface area contributed by atoms with Crippen LogP contribution in [0.3, 0.4) is 0 Å². The first-order valence-electron chi connectivity index (χ1n) is 3.61. The van der Waals surface area contributed by atoms with Crippen LogP contribution in [-0.2, 0) is 0 Å². The molecule has 1 N–H and O–H groups in total. The Morgan fingerprint density at radius 3 is 2.86 bits per heavy atom. The molecule has 0 saturated heterocycles. The highest BCUT2D eigenvalue weighted by Crippen LogP contribution is 2.30. The van der Waals surface area contributed by atoms with Crippen molar-refractivity contribution < 1.29 is 14.3 Å². The van der Waals surface area contributed by atoms with Crippen LogP contribution in [-0.4, -0.2) is 16.1 Å². The predicted molar refractivity (Wildman–Crippen MR) is 51.8 cm³/mol. The number of nitrogens with zero attached hydrogens (tertiary/aromatic N) is 1. The SMILES string of the molecule is O=C(O)c1coc(-c2ccc(Cl)s2)n1. The van der Waals surface area contributed by atoms with E-state index in [1.54, 1.807) is 12.1 Å². The van der Waals surface area contributed by atoms with E-state index in [9.17, 15) is 4.79 Å². The summed E-state index contributed by atoms with van der Waals surface area (Å²) >= 11 is 6.99. The lowest BCUT2D eigenvalue weighted by Gasteiger charge is -1.84. The summed E-state index contributed by atoms with van der Waals surface area (Å²) in [6.07, 6.45) is 1.10. The van der Waals surface area contributed by atoms with Crippen molar-refractivity contribution in [2.75, 3.05) is 0 Å². The van der Waals surface area contributed by atoms with Gasteiger partial charge in [0.25, 0.3) is 0 Å². The zero-order valence-electron chi connectivity index (χ0n) is 6.73. The van der Waals surface area contributed by atoms with Crippen molar-refractivity contribution in [3.63, 3.8) is 0 Å². The molecule has 0 spiro atoms. The van der Waals surface area contributed by atoms with E-state index in [0.29, 0.717) is 9.21 Å². The van der Waals surface area contributed by atoms with E-state index in [1.165, 1.54) is 11.3 Å². The molecule has 4 nitrogen and oxygen atoms in total. The standard InChI is InChI=1S/C8H4ClNO3S/c9-6-2-1-5(14-6)7-10-4(3-13-7)8(11)12/h1-3H,(H,11,12). The highest BCUT2D eigenvalue weighted by atomic mass is 35.5. The van der Waals surface area contributed by atoms with Crippen LogP contribution in [0.15, 0.2) is 22.8 Å². The number of rotatable bonds is 2. The molecule has 0 atom stereocenters. The summed E-state index contributed by atoms with van der Waals surface area (Å²) in [4.78, 5) is 15.0. The van der Waals surface area contributed by atoms with Crippen LogP contribution in [0.4, 0.5) is 0 Å². The van der Waals surface area contributed by atoms with Gasteiger partial charge in [-0.15, -0.1) is 11.3 Å². The molecule has 0 saturated carbocycles. The quantitative estimate of drug-likeness (QED) is 0.860. The van der Waals surface area contributed by atoms with Gasteiger partial charge in [-0.2, -0.15) is 0 Å². The first-order chi connectivity index (χ1) is 6.66. The molecule has 0 aliphatic rings. The summed E-state index contributed by atoms with van der Waals surface area (Å²) in [6, 6.07) is 3.43. The van der Waals surface area contributed by atoms with Crippen molar-refractivity contribution in [2.45, 2.75) is 0 Å². The molecule has 0 unspecified atom stereocenters. The van der Waals surface area contributed by atoms with Gasteiger partial charge in [0.05, 0.1) is 9.21 Å². The van der Waals surface area contributed by atoms with Gasteiger partial charge in [0, 0.05) is 0 Å². The molecule has 14 heavy (non-hydrogen) atoms. The van der Waals surface area contributed by atoms with Gasteiger partial charge in [-0.1, -0.05) is 11.6 Å². The monoisotopic (exact) mass is 229 g/mol. The van der Waals surface area contributed by atoms with Gasteiger partial charge in [0.2, 0.25) is 5.89 Å². The van der Waals surface area contributed by atoms with Crippen LogP contribution in [0.1, 0.15) is 10.5 Å². The van der Waals surface area contributed by atoms with Crippen LogP contribution < -0.4 is 0 Å². The topological polar surface area (TPSA) is 63.3 Å². The van der Waals surface area contributed by atoms with Gasteiger partial charge in [-0.3, -0.25) is 0 Å². The van der Waals surface area contributed by atoms with Crippen LogP contribution in [0, 0.1) is 0 Å². The molecule has 2 aromatic heterocycles. The Kier molecular flexibility index (Phi) is 2.26. The van der Waals surface area contributed by atoms with E-state index in [2.05, 4.69) is 4.98 Å². The van der Waals surface area contributed by atoms with Crippen molar-refractivity contribution in [3.8, 4) is 10.8 Å². The maximum atomic E-state index is 10.5. The molecule has 0 bridgehead atoms. The van der Waals surface area contributed by atoms with Crippen LogP contribution in [0.25, 0.3) is 10.8 Å². The van der Waals surface area contributed by atoms with E-state index >= 15 is 0 Å². The van der Waals surface area contributed by atoms with Gasteiger partial charge in [-0.25, -0.2) is 9.78 Å². The first kappa shape index (κ1) is 9.23. The van der Waals surface area contributed by atoms with Gasteiger partial charge in [-0.05, 0) is 12.1 Å². The first-order valence-corrected chi connectivity index (χ1v) is 4.81. The fourth-order valence-corrected chi connectivity index (χ4v) is 1.89. The predicted octanol–water partition coefficient (Wildman–Crippen LogP) is 2.75. The number of hydrogen-bond acceptors (Lipinski definition) is 4. The highest BCUT2D eigenvalue weighted by molar-refractivity contribution is 7.19. The van der Waals surface area contributed by atoms with E-state index in [-0.39, 0.29) is 11.6 Å². The van der Waals surface area contributed by atoms with Crippen molar-refractivity contribution in [2.24, 2.45) is 0 Å². The lowest BCUT2D eigenvalue weighted by Crippen LogP contribution is -1.95. The summed E-state index contributed by atoms with van der Waals surface area (Å²) in [6.45, 7) is 0. The average molecular weight is 230 g/mol. The zero-order valence-corrected chi connectivity index (χ0v) is 8.30. The molecule has 2 rings (SSSR count). The maximum Gasteiger partial charge on any atom is 0.357 e. The molecular formula is C8H4ClNO3S. The number of carboxylic acids is 1. The summed E-state index contributed by atoms with van der Waals surface area (Å²) in [5.74, 6) is -0.832. The van der Waals surface area contributed by atoms with E-state index < -0.39 is 5.97 Å². The summed E-state index contributed by atoms with van der Waals surface area (Å²) < 4.78 is 5.59. The summed E-state index contributed by atoms with van der Waals surface area (Å²) in [5.41, 5.74) is -0.107. The van der Waals surface area contributed by atoms with E-state index in [1.807, 2.05) is 0 Å². The van der Waals surface area contributed by atoms with Crippen molar-refractivity contribution >= 4 is 28.9 Å². The lowest BCUT2D eigenvalue weighted by atomic mass is 10.4. The minimum atomic E-state index is -1.11. The minimum absolute atomic E-state index is 0.107. The third kappa shape index (κ3) is 1.64. The fraction of sp³-hybridized carbons (Fsp3) is 0. The number of oxazole rings is 1. The molecule has 0 radical (unpaired) electrons. The zero-order chi connectivity index (χ0) is 10.1. The maximum absolute atomic E-state index is 10.5. The molecule has 0 fully saturated rings. The Hall–Kier alpha value is -1.33. The second-order valence-electron chi connectivity index (χ2n) is 2.45. The minimum Gasteiger partial charge on any atom is -0.476 e. The second kappa shape index (κ2) is 3.43. The van der Waals surface area contributed by atoms with Gasteiger partial charge < -0.3 is 9.52 Å². The third-order valence-corrected chi connectivity index (χ3v) is 2.73. The van der Waals surface area contributed by atoms with Crippen molar-refractivity contribution in [1.29, 1.82) is 0 Å². The average Bonchev–Trinajstić information content (AvgIpc) is 2.70.